The topological polar surface area (TPSA) is 126 Å². The maximum absolute atomic E-state index is 12.8. The fraction of sp³-hybridized carbons (Fsp3) is 0.167. The summed E-state index contributed by atoms with van der Waals surface area (Å²) in [6.07, 6.45) is 7.05. The van der Waals surface area contributed by atoms with E-state index in [1.54, 1.807) is 43.5 Å². The number of nitrogen functional groups attached to an aromatic ring is 1. The van der Waals surface area contributed by atoms with Crippen molar-refractivity contribution in [2.45, 2.75) is 46.6 Å². The first-order valence-corrected chi connectivity index (χ1v) is 23.0. The number of nitrogens with zero attached hydrogens (tertiary/aromatic N) is 3. The molecule has 0 aliphatic carbocycles. The SMILES string of the molecule is CCOC(=O)c1sc2cc(OCc3cccnc3)ccc2c1Sc1ccccc1N.CCOC(=O)c1sc2cc(OCc3cccnc3)ccc2c1Sc1ccccc1N(C)C. The Morgan fingerprint density at radius 3 is 1.58 bits per heavy atom. The average molecular weight is 901 g/mol. The largest absolute Gasteiger partial charge is 0.489 e. The lowest BCUT2D eigenvalue weighted by molar-refractivity contribution is 0.0519. The molecule has 8 rings (SSSR count). The van der Waals surface area contributed by atoms with E-state index in [1.807, 2.05) is 118 Å². The van der Waals surface area contributed by atoms with Crippen molar-refractivity contribution in [2.75, 3.05) is 37.9 Å². The van der Waals surface area contributed by atoms with Crippen LogP contribution in [0.15, 0.2) is 154 Å². The lowest BCUT2D eigenvalue weighted by Crippen LogP contribution is -2.09. The minimum Gasteiger partial charge on any atom is -0.489 e. The van der Waals surface area contributed by atoms with E-state index in [1.165, 1.54) is 34.4 Å². The van der Waals surface area contributed by atoms with Gasteiger partial charge >= 0.3 is 11.9 Å². The zero-order valence-electron chi connectivity index (χ0n) is 34.5. The summed E-state index contributed by atoms with van der Waals surface area (Å²) in [5.41, 5.74) is 9.90. The van der Waals surface area contributed by atoms with E-state index in [0.717, 1.165) is 68.1 Å². The first kappa shape index (κ1) is 44.0. The number of thiophene rings is 2. The Hall–Kier alpha value is -6.06. The lowest BCUT2D eigenvalue weighted by Gasteiger charge is -2.17. The van der Waals surface area contributed by atoms with Crippen molar-refractivity contribution in [1.29, 1.82) is 0 Å². The smallest absolute Gasteiger partial charge is 0.349 e. The molecule has 0 bridgehead atoms. The van der Waals surface area contributed by atoms with Crippen molar-refractivity contribution in [2.24, 2.45) is 0 Å². The summed E-state index contributed by atoms with van der Waals surface area (Å²) in [5.74, 6) is 0.868. The van der Waals surface area contributed by atoms with Crippen LogP contribution in [0.5, 0.6) is 11.5 Å². The van der Waals surface area contributed by atoms with Gasteiger partial charge in [-0.2, -0.15) is 0 Å². The molecule has 4 aromatic heterocycles. The summed E-state index contributed by atoms with van der Waals surface area (Å²) in [7, 11) is 4.03. The Morgan fingerprint density at radius 2 is 1.11 bits per heavy atom. The molecule has 0 saturated carbocycles. The molecule has 14 heteroatoms. The molecule has 10 nitrogen and oxygen atoms in total. The molecule has 0 spiro atoms. The number of ether oxygens (including phenoxy) is 4. The second-order valence-corrected chi connectivity index (χ2v) is 17.9. The molecule has 0 saturated heterocycles. The van der Waals surface area contributed by atoms with E-state index >= 15 is 0 Å². The Kier molecular flexibility index (Phi) is 15.0. The van der Waals surface area contributed by atoms with Crippen LogP contribution in [-0.2, 0) is 22.7 Å². The van der Waals surface area contributed by atoms with Crippen molar-refractivity contribution in [3.63, 3.8) is 0 Å². The fourth-order valence-electron chi connectivity index (χ4n) is 6.16. The first-order chi connectivity index (χ1) is 30.2. The van der Waals surface area contributed by atoms with Crippen LogP contribution in [0.25, 0.3) is 20.2 Å². The van der Waals surface area contributed by atoms with Crippen molar-refractivity contribution in [3.8, 4) is 11.5 Å². The molecule has 0 aliphatic heterocycles. The molecule has 0 unspecified atom stereocenters. The van der Waals surface area contributed by atoms with Gasteiger partial charge in [-0.1, -0.05) is 59.9 Å². The van der Waals surface area contributed by atoms with Crippen LogP contribution in [0.2, 0.25) is 0 Å². The monoisotopic (exact) mass is 900 g/mol. The molecule has 8 aromatic rings. The van der Waals surface area contributed by atoms with Crippen LogP contribution >= 0.6 is 46.2 Å². The highest BCUT2D eigenvalue weighted by Crippen LogP contribution is 2.46. The van der Waals surface area contributed by atoms with Crippen molar-refractivity contribution >= 4 is 89.7 Å². The Bertz CT molecular complexity index is 2780. The average Bonchev–Trinajstić information content (AvgIpc) is 3.84. The standard InChI is InChI=1S/C25H24N2O3S2.C23H20N2O3S2/c1-4-29-25(28)24-23(31-21-10-6-5-9-20(21)27(2)3)19-12-11-18(14-22(19)32-24)30-16-17-8-7-13-26-15-17;1-2-27-23(26)22-21(29-19-8-4-3-7-18(19)24)17-10-9-16(12-20(17)30-22)28-14-15-6-5-11-25-13-15/h5-15H,4,16H2,1-3H3;3-13H,2,14,24H2,1H3. The number of anilines is 2. The van der Waals surface area contributed by atoms with Gasteiger partial charge in [0.2, 0.25) is 0 Å². The van der Waals surface area contributed by atoms with Crippen LogP contribution in [0.3, 0.4) is 0 Å². The molecule has 0 atom stereocenters. The number of hydrogen-bond donors (Lipinski definition) is 1. The van der Waals surface area contributed by atoms with Gasteiger partial charge < -0.3 is 29.6 Å². The van der Waals surface area contributed by atoms with E-state index in [-0.39, 0.29) is 11.9 Å². The Labute approximate surface area is 377 Å². The van der Waals surface area contributed by atoms with E-state index in [2.05, 4.69) is 27.0 Å². The van der Waals surface area contributed by atoms with Gasteiger partial charge in [-0.25, -0.2) is 9.59 Å². The third kappa shape index (κ3) is 10.9. The van der Waals surface area contributed by atoms with Crippen molar-refractivity contribution in [3.05, 3.63) is 155 Å². The third-order valence-electron chi connectivity index (χ3n) is 9.10. The third-order valence-corrected chi connectivity index (χ3v) is 14.0. The summed E-state index contributed by atoms with van der Waals surface area (Å²) < 4.78 is 24.5. The summed E-state index contributed by atoms with van der Waals surface area (Å²) in [4.78, 5) is 40.6. The maximum atomic E-state index is 12.8. The first-order valence-electron chi connectivity index (χ1n) is 19.7. The van der Waals surface area contributed by atoms with Gasteiger partial charge in [-0.15, -0.1) is 22.7 Å². The predicted octanol–water partition coefficient (Wildman–Crippen LogP) is 12.1. The molecule has 316 valence electrons. The molecule has 0 amide bonds. The zero-order chi connectivity index (χ0) is 43.4. The Morgan fingerprint density at radius 1 is 0.629 bits per heavy atom. The number of benzene rings is 4. The van der Waals surface area contributed by atoms with Gasteiger partial charge in [0.05, 0.1) is 18.9 Å². The minimum absolute atomic E-state index is 0.295. The number of hydrogen-bond acceptors (Lipinski definition) is 14. The highest BCUT2D eigenvalue weighted by atomic mass is 32.2. The highest BCUT2D eigenvalue weighted by Gasteiger charge is 2.23. The van der Waals surface area contributed by atoms with Crippen LogP contribution in [-0.4, -0.2) is 49.2 Å². The van der Waals surface area contributed by atoms with Gasteiger partial charge in [-0.05, 0) is 86.6 Å². The Balaban J connectivity index is 0.000000187. The van der Waals surface area contributed by atoms with Crippen LogP contribution < -0.4 is 20.1 Å². The summed E-state index contributed by atoms with van der Waals surface area (Å²) in [6.45, 7) is 5.15. The van der Waals surface area contributed by atoms with Gasteiger partial charge in [0, 0.05) is 95.5 Å². The quantitative estimate of drug-likeness (QED) is 0.0777. The van der Waals surface area contributed by atoms with Crippen LogP contribution in [0, 0.1) is 0 Å². The number of carbonyl (C=O) groups excluding carboxylic acids is 2. The number of pyridine rings is 2. The van der Waals surface area contributed by atoms with Gasteiger partial charge in [0.15, 0.2) is 0 Å². The molecule has 4 aromatic carbocycles. The predicted molar refractivity (Wildman–Crippen MR) is 253 cm³/mol. The maximum Gasteiger partial charge on any atom is 0.349 e. The van der Waals surface area contributed by atoms with E-state index in [4.69, 9.17) is 24.7 Å². The van der Waals surface area contributed by atoms with Gasteiger partial charge in [0.25, 0.3) is 0 Å². The molecular formula is C48H44N4O6S4. The summed E-state index contributed by atoms with van der Waals surface area (Å²) in [5, 5.41) is 2.00. The number of para-hydroxylation sites is 2. The summed E-state index contributed by atoms with van der Waals surface area (Å²) >= 11 is 5.92. The normalized spacial score (nSPS) is 10.8. The molecule has 62 heavy (non-hydrogen) atoms. The molecule has 0 aliphatic rings. The van der Waals surface area contributed by atoms with Crippen LogP contribution in [0.1, 0.15) is 44.3 Å². The van der Waals surface area contributed by atoms with E-state index < -0.39 is 0 Å². The minimum atomic E-state index is -0.325. The number of aromatic nitrogens is 2. The van der Waals surface area contributed by atoms with Crippen molar-refractivity contribution in [1.82, 2.24) is 9.97 Å². The van der Waals surface area contributed by atoms with E-state index in [0.29, 0.717) is 41.9 Å². The lowest BCUT2D eigenvalue weighted by atomic mass is 10.2. The zero-order valence-corrected chi connectivity index (χ0v) is 37.8. The number of fused-ring (bicyclic) bond motifs is 2. The highest BCUT2D eigenvalue weighted by molar-refractivity contribution is 8.00. The van der Waals surface area contributed by atoms with Crippen LogP contribution in [0.4, 0.5) is 11.4 Å². The number of esters is 2. The summed E-state index contributed by atoms with van der Waals surface area (Å²) in [6, 6.07) is 35.3. The fourth-order valence-corrected chi connectivity index (χ4v) is 11.0. The second-order valence-electron chi connectivity index (χ2n) is 13.7. The molecule has 0 fully saturated rings. The van der Waals surface area contributed by atoms with Gasteiger partial charge in [-0.3, -0.25) is 9.97 Å². The molecule has 0 radical (unpaired) electrons. The van der Waals surface area contributed by atoms with Crippen molar-refractivity contribution < 1.29 is 28.5 Å². The molecule has 2 N–H and O–H groups in total. The molecule has 4 heterocycles. The van der Waals surface area contributed by atoms with Gasteiger partial charge in [0.1, 0.15) is 34.5 Å². The molecular weight excluding hydrogens is 857 g/mol. The van der Waals surface area contributed by atoms with E-state index in [9.17, 15) is 9.59 Å². The second kappa shape index (κ2) is 21.1. The number of carbonyl (C=O) groups is 2. The number of nitrogens with two attached hydrogens (primary N) is 1. The number of rotatable bonds is 15.